The van der Waals surface area contributed by atoms with Gasteiger partial charge in [-0.25, -0.2) is 0 Å². The van der Waals surface area contributed by atoms with E-state index in [1.54, 1.807) is 14.2 Å². The lowest BCUT2D eigenvalue weighted by Crippen LogP contribution is -2.48. The fraction of sp³-hybridized carbons (Fsp3) is 0.409. The van der Waals surface area contributed by atoms with Gasteiger partial charge in [-0.05, 0) is 17.7 Å². The first-order chi connectivity index (χ1) is 13.7. The van der Waals surface area contributed by atoms with E-state index in [1.807, 2.05) is 29.2 Å². The molecule has 1 aliphatic rings. The lowest BCUT2D eigenvalue weighted by atomic mass is 10.2. The number of carbonyl (C=O) groups excluding carboxylic acids is 1. The van der Waals surface area contributed by atoms with Crippen LogP contribution in [0.5, 0.6) is 11.5 Å². The van der Waals surface area contributed by atoms with Crippen LogP contribution < -0.4 is 14.8 Å². The van der Waals surface area contributed by atoms with Gasteiger partial charge in [0.05, 0.1) is 19.9 Å². The fourth-order valence-corrected chi connectivity index (χ4v) is 3.40. The number of nitrogens with one attached hydrogen (secondary N) is 1. The van der Waals surface area contributed by atoms with Gasteiger partial charge in [0.1, 0.15) is 11.5 Å². The maximum atomic E-state index is 12.5. The Kier molecular flexibility index (Phi) is 7.14. The Morgan fingerprint density at radius 3 is 2.43 bits per heavy atom. The Balaban J connectivity index is 1.41. The van der Waals surface area contributed by atoms with Crippen molar-refractivity contribution in [3.63, 3.8) is 0 Å². The third kappa shape index (κ3) is 5.39. The van der Waals surface area contributed by atoms with Crippen LogP contribution in [0, 0.1) is 0 Å². The minimum Gasteiger partial charge on any atom is -0.497 e. The molecule has 0 atom stereocenters. The van der Waals surface area contributed by atoms with Crippen LogP contribution in [0.1, 0.15) is 12.0 Å². The van der Waals surface area contributed by atoms with Crippen LogP contribution in [0.15, 0.2) is 48.5 Å². The van der Waals surface area contributed by atoms with Crippen LogP contribution in [0.4, 0.5) is 5.69 Å². The van der Waals surface area contributed by atoms with Crippen LogP contribution in [0.3, 0.4) is 0 Å². The van der Waals surface area contributed by atoms with E-state index in [9.17, 15) is 4.79 Å². The molecule has 0 saturated carbocycles. The van der Waals surface area contributed by atoms with Crippen molar-refractivity contribution in [2.45, 2.75) is 13.0 Å². The summed E-state index contributed by atoms with van der Waals surface area (Å²) in [6.07, 6.45) is 0.466. The molecule has 6 heteroatoms. The van der Waals surface area contributed by atoms with Gasteiger partial charge in [0.15, 0.2) is 0 Å². The predicted molar refractivity (Wildman–Crippen MR) is 111 cm³/mol. The second kappa shape index (κ2) is 9.99. The molecule has 1 aliphatic heterocycles. The van der Waals surface area contributed by atoms with Crippen molar-refractivity contribution in [3.8, 4) is 11.5 Å². The molecule has 6 nitrogen and oxygen atoms in total. The number of rotatable bonds is 8. The van der Waals surface area contributed by atoms with Crippen molar-refractivity contribution in [1.82, 2.24) is 9.80 Å². The molecule has 1 amide bonds. The number of piperazine rings is 1. The minimum atomic E-state index is 0.194. The molecule has 1 saturated heterocycles. The van der Waals surface area contributed by atoms with Crippen molar-refractivity contribution >= 4 is 11.6 Å². The zero-order valence-corrected chi connectivity index (χ0v) is 16.7. The summed E-state index contributed by atoms with van der Waals surface area (Å²) >= 11 is 0. The number of hydrogen-bond donors (Lipinski definition) is 1. The molecule has 28 heavy (non-hydrogen) atoms. The highest BCUT2D eigenvalue weighted by Crippen LogP contribution is 2.28. The second-order valence-electron chi connectivity index (χ2n) is 6.89. The molecule has 0 radical (unpaired) electrons. The van der Waals surface area contributed by atoms with Crippen molar-refractivity contribution < 1.29 is 14.3 Å². The number of amides is 1. The highest BCUT2D eigenvalue weighted by atomic mass is 16.5. The zero-order chi connectivity index (χ0) is 19.8. The van der Waals surface area contributed by atoms with Gasteiger partial charge >= 0.3 is 0 Å². The molecule has 3 rings (SSSR count). The first kappa shape index (κ1) is 20.0. The number of carbonyl (C=O) groups is 1. The van der Waals surface area contributed by atoms with Gasteiger partial charge < -0.3 is 19.7 Å². The number of hydrogen-bond acceptors (Lipinski definition) is 5. The smallest absolute Gasteiger partial charge is 0.224 e. The van der Waals surface area contributed by atoms with Crippen LogP contribution in [0.2, 0.25) is 0 Å². The topological polar surface area (TPSA) is 54.0 Å². The van der Waals surface area contributed by atoms with Crippen LogP contribution in [-0.2, 0) is 11.3 Å². The monoisotopic (exact) mass is 383 g/mol. The first-order valence-corrected chi connectivity index (χ1v) is 9.69. The van der Waals surface area contributed by atoms with Gasteiger partial charge in [-0.3, -0.25) is 9.69 Å². The lowest BCUT2D eigenvalue weighted by Gasteiger charge is -2.34. The van der Waals surface area contributed by atoms with Gasteiger partial charge in [0, 0.05) is 51.8 Å². The molecule has 0 spiro atoms. The quantitative estimate of drug-likeness (QED) is 0.760. The van der Waals surface area contributed by atoms with Gasteiger partial charge in [-0.15, -0.1) is 0 Å². The summed E-state index contributed by atoms with van der Waals surface area (Å²) in [5, 5.41) is 3.29. The highest BCUT2D eigenvalue weighted by Gasteiger charge is 2.20. The van der Waals surface area contributed by atoms with Crippen molar-refractivity contribution in [2.24, 2.45) is 0 Å². The third-order valence-electron chi connectivity index (χ3n) is 5.04. The van der Waals surface area contributed by atoms with E-state index >= 15 is 0 Å². The summed E-state index contributed by atoms with van der Waals surface area (Å²) in [6, 6.07) is 16.1. The summed E-state index contributed by atoms with van der Waals surface area (Å²) in [7, 11) is 3.25. The number of benzene rings is 2. The molecule has 0 bridgehead atoms. The molecule has 2 aromatic rings. The summed E-state index contributed by atoms with van der Waals surface area (Å²) in [5.41, 5.74) is 2.18. The summed E-state index contributed by atoms with van der Waals surface area (Å²) in [4.78, 5) is 16.9. The van der Waals surface area contributed by atoms with E-state index in [-0.39, 0.29) is 5.91 Å². The summed E-state index contributed by atoms with van der Waals surface area (Å²) in [5.74, 6) is 1.65. The Bertz CT molecular complexity index is 759. The van der Waals surface area contributed by atoms with Gasteiger partial charge in [0.2, 0.25) is 5.91 Å². The van der Waals surface area contributed by atoms with Gasteiger partial charge in [-0.2, -0.15) is 0 Å². The largest absolute Gasteiger partial charge is 0.497 e. The van der Waals surface area contributed by atoms with E-state index in [1.165, 1.54) is 5.56 Å². The fourth-order valence-electron chi connectivity index (χ4n) is 3.40. The molecule has 1 fully saturated rings. The molecule has 0 aromatic heterocycles. The highest BCUT2D eigenvalue weighted by molar-refractivity contribution is 5.77. The number of ether oxygens (including phenoxy) is 2. The van der Waals surface area contributed by atoms with E-state index in [2.05, 4.69) is 34.5 Å². The summed E-state index contributed by atoms with van der Waals surface area (Å²) in [6.45, 7) is 4.93. The molecular formula is C22H29N3O3. The predicted octanol–water partition coefficient (Wildman–Crippen LogP) is 2.85. The SMILES string of the molecule is COc1ccc(NCCC(=O)N2CCN(Cc3ccccc3)CC2)c(OC)c1. The Morgan fingerprint density at radius 1 is 1.00 bits per heavy atom. The third-order valence-corrected chi connectivity index (χ3v) is 5.04. The minimum absolute atomic E-state index is 0.194. The average Bonchev–Trinajstić information content (AvgIpc) is 2.75. The van der Waals surface area contributed by atoms with Crippen molar-refractivity contribution in [3.05, 3.63) is 54.1 Å². The van der Waals surface area contributed by atoms with Crippen LogP contribution >= 0.6 is 0 Å². The van der Waals surface area contributed by atoms with Gasteiger partial charge in [-0.1, -0.05) is 30.3 Å². The summed E-state index contributed by atoms with van der Waals surface area (Å²) < 4.78 is 10.6. The standard InChI is InChI=1S/C22H29N3O3/c1-27-19-8-9-20(21(16-19)28-2)23-11-10-22(26)25-14-12-24(13-15-25)17-18-6-4-3-5-7-18/h3-9,16,23H,10-15,17H2,1-2H3. The number of anilines is 1. The maximum absolute atomic E-state index is 12.5. The van der Waals surface area contributed by atoms with Crippen LogP contribution in [0.25, 0.3) is 0 Å². The lowest BCUT2D eigenvalue weighted by molar-refractivity contribution is -0.132. The van der Waals surface area contributed by atoms with Gasteiger partial charge in [0.25, 0.3) is 0 Å². The Hall–Kier alpha value is -2.73. The van der Waals surface area contributed by atoms with E-state index in [0.29, 0.717) is 18.7 Å². The zero-order valence-electron chi connectivity index (χ0n) is 16.7. The average molecular weight is 383 g/mol. The molecule has 1 heterocycles. The molecule has 150 valence electrons. The molecular weight excluding hydrogens is 354 g/mol. The van der Waals surface area contributed by atoms with E-state index < -0.39 is 0 Å². The van der Waals surface area contributed by atoms with Crippen LogP contribution in [-0.4, -0.2) is 62.7 Å². The first-order valence-electron chi connectivity index (χ1n) is 9.69. The second-order valence-corrected chi connectivity index (χ2v) is 6.89. The normalized spacial score (nSPS) is 14.6. The van der Waals surface area contributed by atoms with Crippen molar-refractivity contribution in [2.75, 3.05) is 52.3 Å². The Morgan fingerprint density at radius 2 is 1.75 bits per heavy atom. The molecule has 0 aliphatic carbocycles. The molecule has 2 aromatic carbocycles. The number of methoxy groups -OCH3 is 2. The van der Waals surface area contributed by atoms with E-state index in [0.717, 1.165) is 44.2 Å². The van der Waals surface area contributed by atoms with E-state index in [4.69, 9.17) is 9.47 Å². The molecule has 0 unspecified atom stereocenters. The maximum Gasteiger partial charge on any atom is 0.224 e. The Labute approximate surface area is 167 Å². The number of nitrogens with zero attached hydrogens (tertiary/aromatic N) is 2. The molecule has 1 N–H and O–H groups in total. The van der Waals surface area contributed by atoms with Crippen molar-refractivity contribution in [1.29, 1.82) is 0 Å².